The Labute approximate surface area is 321 Å². The van der Waals surface area contributed by atoms with Gasteiger partial charge in [0, 0.05) is 12.8 Å². The lowest BCUT2D eigenvalue weighted by molar-refractivity contribution is -0.161. The minimum absolute atomic E-state index is 0.0912. The highest BCUT2D eigenvalue weighted by atomic mass is 31.2. The predicted molar refractivity (Wildman–Crippen MR) is 217 cm³/mol. The number of hydrogen-bond donors (Lipinski definition) is 3. The summed E-state index contributed by atoms with van der Waals surface area (Å²) in [7, 11) is -4.81. The standard InChI is InChI=1S/C43H71O9P/c1-3-5-7-9-11-13-15-17-19-21-22-24-26-28-30-32-34-40(44)36-37-42(45)50-38-41(39-51-53(47,48)49)52-43(46)35-33-31-29-27-25-23-20-18-16-14-12-10-8-6-4-2/h5,7,11,13,17-20,22,24,28,30,32,34,40-41,44H,3-4,6,8-10,12,14-16,21,23,25-27,29,31,33,35-39H2,1-2H3,(H2,47,48,49)/b7-5-,13-11-,19-17-,20-18-,24-22-,30-28-,34-32-/t40?,41-/m1/s1. The van der Waals surface area contributed by atoms with Crippen LogP contribution in [-0.2, 0) is 28.2 Å². The fraction of sp³-hybridized carbons (Fsp3) is 0.628. The summed E-state index contributed by atoms with van der Waals surface area (Å²) < 4.78 is 26.2. The van der Waals surface area contributed by atoms with Crippen LogP contribution in [0.2, 0.25) is 0 Å². The summed E-state index contributed by atoms with van der Waals surface area (Å²) in [6.07, 6.45) is 46.3. The van der Waals surface area contributed by atoms with Gasteiger partial charge in [-0.25, -0.2) is 4.57 Å². The van der Waals surface area contributed by atoms with Crippen LogP contribution in [0.5, 0.6) is 0 Å². The van der Waals surface area contributed by atoms with Crippen LogP contribution in [0.15, 0.2) is 85.1 Å². The van der Waals surface area contributed by atoms with Crippen LogP contribution >= 0.6 is 7.82 Å². The van der Waals surface area contributed by atoms with Crippen molar-refractivity contribution < 1.29 is 43.0 Å². The molecule has 0 aromatic heterocycles. The molecule has 0 heterocycles. The number of unbranched alkanes of at least 4 members (excludes halogenated alkanes) is 11. The molecule has 0 spiro atoms. The van der Waals surface area contributed by atoms with E-state index in [1.807, 2.05) is 12.2 Å². The molecule has 2 atom stereocenters. The number of carbonyl (C=O) groups excluding carboxylic acids is 2. The van der Waals surface area contributed by atoms with Gasteiger partial charge in [-0.1, -0.05) is 150 Å². The molecule has 3 N–H and O–H groups in total. The Kier molecular flexibility index (Phi) is 35.5. The molecule has 0 aliphatic rings. The molecule has 0 saturated carbocycles. The number of phosphoric ester groups is 1. The molecule has 0 bridgehead atoms. The molecule has 0 fully saturated rings. The number of esters is 2. The maximum absolute atomic E-state index is 12.4. The van der Waals surface area contributed by atoms with Crippen molar-refractivity contribution in [2.75, 3.05) is 13.2 Å². The molecule has 0 rings (SSSR count). The minimum atomic E-state index is -4.81. The highest BCUT2D eigenvalue weighted by Gasteiger charge is 2.23. The van der Waals surface area contributed by atoms with E-state index in [2.05, 4.69) is 79.1 Å². The van der Waals surface area contributed by atoms with Crippen molar-refractivity contribution in [3.05, 3.63) is 85.1 Å². The Bertz CT molecular complexity index is 1150. The summed E-state index contributed by atoms with van der Waals surface area (Å²) in [5.41, 5.74) is 0. The Morgan fingerprint density at radius 3 is 1.70 bits per heavy atom. The molecule has 0 aliphatic carbocycles. The van der Waals surface area contributed by atoms with Gasteiger partial charge >= 0.3 is 19.8 Å². The van der Waals surface area contributed by atoms with E-state index in [-0.39, 0.29) is 19.3 Å². The average molecular weight is 763 g/mol. The largest absolute Gasteiger partial charge is 0.469 e. The topological polar surface area (TPSA) is 140 Å². The van der Waals surface area contributed by atoms with Crippen molar-refractivity contribution in [1.29, 1.82) is 0 Å². The predicted octanol–water partition coefficient (Wildman–Crippen LogP) is 11.0. The number of aliphatic hydroxyl groups excluding tert-OH is 1. The van der Waals surface area contributed by atoms with E-state index in [9.17, 15) is 19.3 Å². The molecule has 0 aromatic carbocycles. The zero-order chi connectivity index (χ0) is 39.1. The smallest absolute Gasteiger partial charge is 0.462 e. The summed E-state index contributed by atoms with van der Waals surface area (Å²) in [4.78, 5) is 42.8. The number of rotatable bonds is 35. The molecular weight excluding hydrogens is 691 g/mol. The lowest BCUT2D eigenvalue weighted by atomic mass is 10.1. The van der Waals surface area contributed by atoms with E-state index in [4.69, 9.17) is 19.3 Å². The second kappa shape index (κ2) is 37.5. The third-order valence-electron chi connectivity index (χ3n) is 8.02. The maximum Gasteiger partial charge on any atom is 0.469 e. The third kappa shape index (κ3) is 40.2. The zero-order valence-electron chi connectivity index (χ0n) is 32.7. The molecule has 53 heavy (non-hydrogen) atoms. The minimum Gasteiger partial charge on any atom is -0.462 e. The lowest BCUT2D eigenvalue weighted by Crippen LogP contribution is -2.29. The molecule has 0 radical (unpaired) electrons. The molecule has 10 heteroatoms. The molecular formula is C43H71O9P. The highest BCUT2D eigenvalue weighted by molar-refractivity contribution is 7.46. The van der Waals surface area contributed by atoms with Crippen LogP contribution in [0.25, 0.3) is 0 Å². The fourth-order valence-corrected chi connectivity index (χ4v) is 5.37. The highest BCUT2D eigenvalue weighted by Crippen LogP contribution is 2.36. The Morgan fingerprint density at radius 1 is 0.604 bits per heavy atom. The second-order valence-electron chi connectivity index (χ2n) is 13.1. The van der Waals surface area contributed by atoms with Crippen LogP contribution in [0.1, 0.15) is 149 Å². The number of allylic oxidation sites excluding steroid dienone is 13. The number of phosphoric acid groups is 1. The SMILES string of the molecule is CC/C=C\C/C=C\C/C=C\C/C=C\C/C=C\C=C/C(O)CCC(=O)OC[C@H](COP(=O)(O)O)OC(=O)CCCCCCC/C=C\CCCCCCCC. The van der Waals surface area contributed by atoms with Crippen LogP contribution < -0.4 is 0 Å². The van der Waals surface area contributed by atoms with Crippen molar-refractivity contribution >= 4 is 19.8 Å². The van der Waals surface area contributed by atoms with Crippen molar-refractivity contribution in [2.45, 2.75) is 161 Å². The van der Waals surface area contributed by atoms with Gasteiger partial charge in [0.1, 0.15) is 6.61 Å². The van der Waals surface area contributed by atoms with E-state index < -0.39 is 45.2 Å². The molecule has 0 amide bonds. The van der Waals surface area contributed by atoms with Gasteiger partial charge in [-0.05, 0) is 70.6 Å². The number of aliphatic hydroxyl groups is 1. The Balaban J connectivity index is 4.22. The summed E-state index contributed by atoms with van der Waals surface area (Å²) in [6, 6.07) is 0. The molecule has 9 nitrogen and oxygen atoms in total. The van der Waals surface area contributed by atoms with Gasteiger partial charge in [-0.3, -0.25) is 14.1 Å². The van der Waals surface area contributed by atoms with Crippen LogP contribution in [0.4, 0.5) is 0 Å². The Hall–Kier alpha value is -2.81. The molecule has 1 unspecified atom stereocenters. The van der Waals surface area contributed by atoms with Crippen molar-refractivity contribution in [3.8, 4) is 0 Å². The summed E-state index contributed by atoms with van der Waals surface area (Å²) >= 11 is 0. The zero-order valence-corrected chi connectivity index (χ0v) is 33.6. The van der Waals surface area contributed by atoms with Crippen molar-refractivity contribution in [1.82, 2.24) is 0 Å². The van der Waals surface area contributed by atoms with Gasteiger partial charge in [0.2, 0.25) is 0 Å². The van der Waals surface area contributed by atoms with Crippen molar-refractivity contribution in [2.24, 2.45) is 0 Å². The summed E-state index contributed by atoms with van der Waals surface area (Å²) in [6.45, 7) is 3.33. The normalized spacial score (nSPS) is 14.0. The van der Waals surface area contributed by atoms with E-state index in [1.165, 1.54) is 38.5 Å². The molecule has 302 valence electrons. The fourth-order valence-electron chi connectivity index (χ4n) is 5.01. The second-order valence-corrected chi connectivity index (χ2v) is 14.3. The van der Waals surface area contributed by atoms with Crippen LogP contribution in [0, 0.1) is 0 Å². The summed E-state index contributed by atoms with van der Waals surface area (Å²) in [5.74, 6) is -1.18. The lowest BCUT2D eigenvalue weighted by Gasteiger charge is -2.18. The van der Waals surface area contributed by atoms with Crippen LogP contribution in [-0.4, -0.2) is 52.3 Å². The van der Waals surface area contributed by atoms with Gasteiger partial charge in [0.25, 0.3) is 0 Å². The van der Waals surface area contributed by atoms with Crippen LogP contribution in [0.3, 0.4) is 0 Å². The quantitative estimate of drug-likeness (QED) is 0.0189. The first-order valence-electron chi connectivity index (χ1n) is 20.0. The van der Waals surface area contributed by atoms with Crippen molar-refractivity contribution in [3.63, 3.8) is 0 Å². The first-order chi connectivity index (χ1) is 25.7. The van der Waals surface area contributed by atoms with E-state index in [0.717, 1.165) is 70.6 Å². The monoisotopic (exact) mass is 762 g/mol. The van der Waals surface area contributed by atoms with Gasteiger partial charge < -0.3 is 24.4 Å². The number of carbonyl (C=O) groups is 2. The van der Waals surface area contributed by atoms with E-state index in [0.29, 0.717) is 6.42 Å². The molecule has 0 aliphatic heterocycles. The summed E-state index contributed by atoms with van der Waals surface area (Å²) in [5, 5.41) is 10.2. The van der Waals surface area contributed by atoms with Gasteiger partial charge in [0.15, 0.2) is 6.10 Å². The van der Waals surface area contributed by atoms with Gasteiger partial charge in [-0.2, -0.15) is 0 Å². The average Bonchev–Trinajstić information content (AvgIpc) is 3.12. The maximum atomic E-state index is 12.4. The number of ether oxygens (including phenoxy) is 2. The first kappa shape index (κ1) is 50.2. The van der Waals surface area contributed by atoms with Gasteiger partial charge in [-0.15, -0.1) is 0 Å². The number of hydrogen-bond acceptors (Lipinski definition) is 7. The van der Waals surface area contributed by atoms with E-state index >= 15 is 0 Å². The van der Waals surface area contributed by atoms with Gasteiger partial charge in [0.05, 0.1) is 12.7 Å². The molecule has 0 aromatic rings. The molecule has 0 saturated heterocycles. The first-order valence-corrected chi connectivity index (χ1v) is 21.5. The van der Waals surface area contributed by atoms with E-state index in [1.54, 1.807) is 12.2 Å². The third-order valence-corrected chi connectivity index (χ3v) is 8.50. The Morgan fingerprint density at radius 2 is 1.13 bits per heavy atom.